The summed E-state index contributed by atoms with van der Waals surface area (Å²) >= 11 is 0. The molecule has 1 fully saturated rings. The van der Waals surface area contributed by atoms with Crippen molar-refractivity contribution in [3.05, 3.63) is 71.3 Å². The predicted molar refractivity (Wildman–Crippen MR) is 96.7 cm³/mol. The summed E-state index contributed by atoms with van der Waals surface area (Å²) in [5, 5.41) is 0. The molecule has 2 aromatic carbocycles. The molecule has 0 radical (unpaired) electrons. The Kier molecular flexibility index (Phi) is 4.98. The number of esters is 1. The van der Waals surface area contributed by atoms with Gasteiger partial charge in [0.1, 0.15) is 0 Å². The molecule has 1 aliphatic rings. The molecule has 1 heterocycles. The summed E-state index contributed by atoms with van der Waals surface area (Å²) in [6.45, 7) is 2.31. The van der Waals surface area contributed by atoms with Crippen molar-refractivity contribution in [3.63, 3.8) is 0 Å². The van der Waals surface area contributed by atoms with Gasteiger partial charge < -0.3 is 9.64 Å². The van der Waals surface area contributed by atoms with E-state index < -0.39 is 0 Å². The van der Waals surface area contributed by atoms with Gasteiger partial charge in [0.15, 0.2) is 0 Å². The van der Waals surface area contributed by atoms with Gasteiger partial charge in [0.05, 0.1) is 7.11 Å². The Morgan fingerprint density at radius 2 is 1.58 bits per heavy atom. The molecule has 0 atom stereocenters. The van der Waals surface area contributed by atoms with Crippen LogP contribution in [-0.2, 0) is 9.53 Å². The monoisotopic (exact) mass is 317 g/mol. The van der Waals surface area contributed by atoms with Crippen molar-refractivity contribution in [2.24, 2.45) is 0 Å². The first-order valence-electron chi connectivity index (χ1n) is 7.98. The predicted octanol–water partition coefficient (Wildman–Crippen LogP) is 3.48. The molecule has 2 aromatic rings. The van der Waals surface area contributed by atoms with Crippen LogP contribution in [0.25, 0.3) is 6.08 Å². The first-order valence-corrected chi connectivity index (χ1v) is 7.98. The van der Waals surface area contributed by atoms with Gasteiger partial charge in [-0.15, -0.1) is 0 Å². The largest absolute Gasteiger partial charge is 0.466 e. The lowest BCUT2D eigenvalue weighted by Crippen LogP contribution is -2.36. The summed E-state index contributed by atoms with van der Waals surface area (Å²) in [5.74, 6) is 5.98. The van der Waals surface area contributed by atoms with Gasteiger partial charge in [-0.25, -0.2) is 4.79 Å². The standard InChI is InChI=1S/C21H19NO2/c1-24-21(23)14-11-18-6-3-17(4-7-18)5-8-19-9-12-20(13-10-19)22-15-2-16-22/h3-4,6-7,9-14H,2,15-16H2,1H3/b14-11+. The SMILES string of the molecule is COC(=O)/C=C/c1ccc(C#Cc2ccc(N3CCC3)cc2)cc1. The number of carbonyl (C=O) groups is 1. The number of carbonyl (C=O) groups excluding carboxylic acids is 1. The van der Waals surface area contributed by atoms with Crippen molar-refractivity contribution in [2.75, 3.05) is 25.1 Å². The number of anilines is 1. The summed E-state index contributed by atoms with van der Waals surface area (Å²) < 4.78 is 4.57. The van der Waals surface area contributed by atoms with Crippen LogP contribution in [0.5, 0.6) is 0 Å². The van der Waals surface area contributed by atoms with E-state index in [2.05, 4.69) is 45.7 Å². The van der Waals surface area contributed by atoms with Gasteiger partial charge in [0.2, 0.25) is 0 Å². The molecule has 0 unspecified atom stereocenters. The third-order valence-electron chi connectivity index (χ3n) is 3.96. The van der Waals surface area contributed by atoms with Gasteiger partial charge in [0.25, 0.3) is 0 Å². The Bertz CT molecular complexity index is 788. The second-order valence-corrected chi connectivity index (χ2v) is 5.62. The van der Waals surface area contributed by atoms with Crippen LogP contribution in [0.3, 0.4) is 0 Å². The number of hydrogen-bond donors (Lipinski definition) is 0. The molecule has 0 spiro atoms. The van der Waals surface area contributed by atoms with Gasteiger partial charge in [-0.2, -0.15) is 0 Å². The number of benzene rings is 2. The molecule has 3 nitrogen and oxygen atoms in total. The maximum Gasteiger partial charge on any atom is 0.330 e. The number of hydrogen-bond acceptors (Lipinski definition) is 3. The topological polar surface area (TPSA) is 29.5 Å². The third kappa shape index (κ3) is 4.05. The number of nitrogens with zero attached hydrogens (tertiary/aromatic N) is 1. The molecule has 0 aromatic heterocycles. The lowest BCUT2D eigenvalue weighted by atomic mass is 10.1. The molecule has 1 saturated heterocycles. The third-order valence-corrected chi connectivity index (χ3v) is 3.96. The molecule has 120 valence electrons. The lowest BCUT2D eigenvalue weighted by molar-refractivity contribution is -0.134. The summed E-state index contributed by atoms with van der Waals surface area (Å²) in [5.41, 5.74) is 4.16. The fraction of sp³-hybridized carbons (Fsp3) is 0.190. The number of ether oxygens (including phenoxy) is 1. The van der Waals surface area contributed by atoms with Crippen molar-refractivity contribution in [1.29, 1.82) is 0 Å². The normalized spacial score (nSPS) is 13.1. The maximum absolute atomic E-state index is 11.1. The molecule has 0 N–H and O–H groups in total. The molecule has 3 heteroatoms. The Hall–Kier alpha value is -2.99. The Labute approximate surface area is 142 Å². The summed E-state index contributed by atoms with van der Waals surface area (Å²) in [7, 11) is 1.36. The zero-order valence-corrected chi connectivity index (χ0v) is 13.7. The quantitative estimate of drug-likeness (QED) is 0.493. The van der Waals surface area contributed by atoms with Gasteiger partial charge in [-0.3, -0.25) is 0 Å². The highest BCUT2D eigenvalue weighted by molar-refractivity contribution is 5.86. The minimum absolute atomic E-state index is 0.361. The molecule has 24 heavy (non-hydrogen) atoms. The zero-order chi connectivity index (χ0) is 16.8. The van der Waals surface area contributed by atoms with E-state index in [1.54, 1.807) is 6.08 Å². The smallest absolute Gasteiger partial charge is 0.330 e. The fourth-order valence-electron chi connectivity index (χ4n) is 2.38. The first kappa shape index (κ1) is 15.9. The minimum atomic E-state index is -0.361. The zero-order valence-electron chi connectivity index (χ0n) is 13.7. The van der Waals surface area contributed by atoms with Crippen LogP contribution in [0.15, 0.2) is 54.6 Å². The second kappa shape index (κ2) is 7.52. The van der Waals surface area contributed by atoms with E-state index in [1.807, 2.05) is 24.3 Å². The Balaban J connectivity index is 1.64. The van der Waals surface area contributed by atoms with E-state index in [-0.39, 0.29) is 5.97 Å². The molecule has 0 amide bonds. The van der Waals surface area contributed by atoms with Crippen molar-refractivity contribution >= 4 is 17.7 Å². The highest BCUT2D eigenvalue weighted by atomic mass is 16.5. The van der Waals surface area contributed by atoms with E-state index in [0.717, 1.165) is 29.8 Å². The van der Waals surface area contributed by atoms with Gasteiger partial charge in [0, 0.05) is 36.0 Å². The molecule has 3 rings (SSSR count). The molecule has 0 saturated carbocycles. The van der Waals surface area contributed by atoms with Crippen LogP contribution in [0.2, 0.25) is 0 Å². The molecular formula is C21H19NO2. The van der Waals surface area contributed by atoms with Crippen LogP contribution in [0.4, 0.5) is 5.69 Å². The molecule has 0 aliphatic carbocycles. The summed E-state index contributed by atoms with van der Waals surface area (Å²) in [6.07, 6.45) is 4.41. The second-order valence-electron chi connectivity index (χ2n) is 5.62. The summed E-state index contributed by atoms with van der Waals surface area (Å²) in [4.78, 5) is 13.4. The molecule has 0 bridgehead atoms. The van der Waals surface area contributed by atoms with E-state index in [1.165, 1.54) is 25.3 Å². The van der Waals surface area contributed by atoms with Crippen molar-refractivity contribution in [1.82, 2.24) is 0 Å². The number of rotatable bonds is 3. The van der Waals surface area contributed by atoms with Gasteiger partial charge >= 0.3 is 5.97 Å². The van der Waals surface area contributed by atoms with Crippen LogP contribution in [0.1, 0.15) is 23.1 Å². The average molecular weight is 317 g/mol. The lowest BCUT2D eigenvalue weighted by Gasteiger charge is -2.33. The fourth-order valence-corrected chi connectivity index (χ4v) is 2.38. The van der Waals surface area contributed by atoms with E-state index >= 15 is 0 Å². The molecule has 1 aliphatic heterocycles. The van der Waals surface area contributed by atoms with Gasteiger partial charge in [-0.1, -0.05) is 24.0 Å². The van der Waals surface area contributed by atoms with Crippen LogP contribution >= 0.6 is 0 Å². The van der Waals surface area contributed by atoms with Gasteiger partial charge in [-0.05, 0) is 54.5 Å². The Morgan fingerprint density at radius 1 is 1.00 bits per heavy atom. The van der Waals surface area contributed by atoms with Crippen molar-refractivity contribution in [2.45, 2.75) is 6.42 Å². The van der Waals surface area contributed by atoms with E-state index in [0.29, 0.717) is 0 Å². The molecular weight excluding hydrogens is 298 g/mol. The van der Waals surface area contributed by atoms with E-state index in [4.69, 9.17) is 0 Å². The average Bonchev–Trinajstić information content (AvgIpc) is 2.58. The maximum atomic E-state index is 11.1. The van der Waals surface area contributed by atoms with Crippen LogP contribution in [-0.4, -0.2) is 26.2 Å². The van der Waals surface area contributed by atoms with E-state index in [9.17, 15) is 4.79 Å². The highest BCUT2D eigenvalue weighted by Crippen LogP contribution is 2.20. The highest BCUT2D eigenvalue weighted by Gasteiger charge is 2.13. The minimum Gasteiger partial charge on any atom is -0.466 e. The van der Waals surface area contributed by atoms with Crippen molar-refractivity contribution < 1.29 is 9.53 Å². The van der Waals surface area contributed by atoms with Crippen molar-refractivity contribution in [3.8, 4) is 11.8 Å². The van der Waals surface area contributed by atoms with Crippen LogP contribution in [0, 0.1) is 11.8 Å². The first-order chi connectivity index (χ1) is 11.7. The summed E-state index contributed by atoms with van der Waals surface area (Å²) in [6, 6.07) is 16.1. The number of methoxy groups -OCH3 is 1. The Morgan fingerprint density at radius 3 is 2.08 bits per heavy atom. The van der Waals surface area contributed by atoms with Crippen LogP contribution < -0.4 is 4.90 Å².